The second-order valence-corrected chi connectivity index (χ2v) is 4.97. The standard InChI is InChI=1S/C13H20N4O/c1-8(2)13(14)11-5-15-7-17(11)6-12-16-9(3)10(4)18-12/h5,7-8,13H,6,14H2,1-4H3. The van der Waals surface area contributed by atoms with Gasteiger partial charge >= 0.3 is 0 Å². The molecule has 2 aromatic heterocycles. The number of oxazole rings is 1. The van der Waals surface area contributed by atoms with Crippen LogP contribution in [0.5, 0.6) is 0 Å². The van der Waals surface area contributed by atoms with Gasteiger partial charge in [0, 0.05) is 12.2 Å². The van der Waals surface area contributed by atoms with E-state index in [2.05, 4.69) is 23.8 Å². The van der Waals surface area contributed by atoms with E-state index in [9.17, 15) is 0 Å². The summed E-state index contributed by atoms with van der Waals surface area (Å²) in [7, 11) is 0. The van der Waals surface area contributed by atoms with Crippen LogP contribution in [0.1, 0.15) is 42.9 Å². The fraction of sp³-hybridized carbons (Fsp3) is 0.538. The molecule has 0 fully saturated rings. The Labute approximate surface area is 107 Å². The summed E-state index contributed by atoms with van der Waals surface area (Å²) in [4.78, 5) is 8.54. The first kappa shape index (κ1) is 12.8. The predicted octanol–water partition coefficient (Wildman–Crippen LogP) is 2.19. The van der Waals surface area contributed by atoms with E-state index in [0.717, 1.165) is 17.1 Å². The zero-order valence-electron chi connectivity index (χ0n) is 11.3. The first-order chi connectivity index (χ1) is 8.49. The molecule has 5 heteroatoms. The third-order valence-corrected chi connectivity index (χ3v) is 3.18. The van der Waals surface area contributed by atoms with Crippen LogP contribution in [0.3, 0.4) is 0 Å². The van der Waals surface area contributed by atoms with Gasteiger partial charge in [0.15, 0.2) is 0 Å². The van der Waals surface area contributed by atoms with Crippen molar-refractivity contribution in [3.8, 4) is 0 Å². The number of nitrogens with two attached hydrogens (primary N) is 1. The summed E-state index contributed by atoms with van der Waals surface area (Å²) < 4.78 is 7.58. The van der Waals surface area contributed by atoms with E-state index in [-0.39, 0.29) is 6.04 Å². The molecule has 0 spiro atoms. The average molecular weight is 248 g/mol. The van der Waals surface area contributed by atoms with Crippen molar-refractivity contribution < 1.29 is 4.42 Å². The summed E-state index contributed by atoms with van der Waals surface area (Å²) >= 11 is 0. The average Bonchev–Trinajstić information content (AvgIpc) is 2.86. The first-order valence-corrected chi connectivity index (χ1v) is 6.17. The van der Waals surface area contributed by atoms with Gasteiger partial charge in [-0.1, -0.05) is 13.8 Å². The molecule has 0 bridgehead atoms. The molecule has 0 aromatic carbocycles. The van der Waals surface area contributed by atoms with Crippen LogP contribution in [0.4, 0.5) is 0 Å². The largest absolute Gasteiger partial charge is 0.444 e. The van der Waals surface area contributed by atoms with Crippen LogP contribution in [0.2, 0.25) is 0 Å². The van der Waals surface area contributed by atoms with Crippen LogP contribution in [0.15, 0.2) is 16.9 Å². The zero-order chi connectivity index (χ0) is 13.3. The molecule has 0 aliphatic rings. The molecule has 0 saturated carbocycles. The Hall–Kier alpha value is -1.62. The SMILES string of the molecule is Cc1nc(Cn2cncc2C(N)C(C)C)oc1C. The van der Waals surface area contributed by atoms with Gasteiger partial charge in [0.2, 0.25) is 5.89 Å². The number of nitrogens with zero attached hydrogens (tertiary/aromatic N) is 3. The zero-order valence-corrected chi connectivity index (χ0v) is 11.3. The Morgan fingerprint density at radius 1 is 1.39 bits per heavy atom. The fourth-order valence-electron chi connectivity index (χ4n) is 1.83. The molecular weight excluding hydrogens is 228 g/mol. The Morgan fingerprint density at radius 2 is 2.11 bits per heavy atom. The quantitative estimate of drug-likeness (QED) is 0.900. The van der Waals surface area contributed by atoms with Crippen molar-refractivity contribution in [3.05, 3.63) is 35.6 Å². The second kappa shape index (κ2) is 4.94. The van der Waals surface area contributed by atoms with Gasteiger partial charge in [0.05, 0.1) is 17.7 Å². The predicted molar refractivity (Wildman–Crippen MR) is 69.1 cm³/mol. The highest BCUT2D eigenvalue weighted by molar-refractivity contribution is 5.09. The summed E-state index contributed by atoms with van der Waals surface area (Å²) in [5.41, 5.74) is 8.10. The topological polar surface area (TPSA) is 69.9 Å². The molecule has 0 radical (unpaired) electrons. The van der Waals surface area contributed by atoms with E-state index >= 15 is 0 Å². The van der Waals surface area contributed by atoms with Crippen LogP contribution in [-0.2, 0) is 6.54 Å². The maximum atomic E-state index is 6.16. The molecule has 1 atom stereocenters. The highest BCUT2D eigenvalue weighted by Crippen LogP contribution is 2.19. The fourth-order valence-corrected chi connectivity index (χ4v) is 1.83. The molecule has 2 heterocycles. The highest BCUT2D eigenvalue weighted by atomic mass is 16.4. The molecule has 0 amide bonds. The smallest absolute Gasteiger partial charge is 0.214 e. The van der Waals surface area contributed by atoms with Crippen LogP contribution < -0.4 is 5.73 Å². The van der Waals surface area contributed by atoms with Crippen LogP contribution in [-0.4, -0.2) is 14.5 Å². The first-order valence-electron chi connectivity index (χ1n) is 6.17. The lowest BCUT2D eigenvalue weighted by Gasteiger charge is -2.17. The number of imidazole rings is 1. The van der Waals surface area contributed by atoms with E-state index in [0.29, 0.717) is 18.4 Å². The lowest BCUT2D eigenvalue weighted by atomic mass is 10.0. The Morgan fingerprint density at radius 3 is 2.67 bits per heavy atom. The van der Waals surface area contributed by atoms with Crippen molar-refractivity contribution in [3.63, 3.8) is 0 Å². The van der Waals surface area contributed by atoms with Gasteiger partial charge in [-0.05, 0) is 19.8 Å². The van der Waals surface area contributed by atoms with Gasteiger partial charge in [-0.15, -0.1) is 0 Å². The molecule has 98 valence electrons. The normalized spacial score (nSPS) is 13.2. The van der Waals surface area contributed by atoms with Crippen LogP contribution >= 0.6 is 0 Å². The lowest BCUT2D eigenvalue weighted by Crippen LogP contribution is -2.20. The number of hydrogen-bond acceptors (Lipinski definition) is 4. The minimum atomic E-state index is -0.0235. The molecule has 2 aromatic rings. The van der Waals surface area contributed by atoms with Gasteiger partial charge in [-0.25, -0.2) is 9.97 Å². The van der Waals surface area contributed by atoms with E-state index < -0.39 is 0 Å². The molecule has 2 N–H and O–H groups in total. The molecule has 18 heavy (non-hydrogen) atoms. The summed E-state index contributed by atoms with van der Waals surface area (Å²) in [6, 6.07) is -0.0235. The molecule has 2 rings (SSSR count). The molecule has 1 unspecified atom stereocenters. The number of rotatable bonds is 4. The van der Waals surface area contributed by atoms with Crippen molar-refractivity contribution in [2.75, 3.05) is 0 Å². The molecule has 0 aliphatic carbocycles. The van der Waals surface area contributed by atoms with E-state index in [4.69, 9.17) is 10.2 Å². The van der Waals surface area contributed by atoms with Crippen molar-refractivity contribution in [2.45, 2.75) is 40.3 Å². The monoisotopic (exact) mass is 248 g/mol. The van der Waals surface area contributed by atoms with Crippen molar-refractivity contribution in [1.29, 1.82) is 0 Å². The maximum absolute atomic E-state index is 6.16. The van der Waals surface area contributed by atoms with Gasteiger partial charge in [-0.3, -0.25) is 0 Å². The highest BCUT2D eigenvalue weighted by Gasteiger charge is 2.16. The Balaban J connectivity index is 2.22. The minimum Gasteiger partial charge on any atom is -0.444 e. The van der Waals surface area contributed by atoms with Crippen LogP contribution in [0, 0.1) is 19.8 Å². The van der Waals surface area contributed by atoms with Crippen molar-refractivity contribution in [2.24, 2.45) is 11.7 Å². The lowest BCUT2D eigenvalue weighted by molar-refractivity contribution is 0.437. The third kappa shape index (κ3) is 2.46. The summed E-state index contributed by atoms with van der Waals surface area (Å²) in [5.74, 6) is 1.92. The summed E-state index contributed by atoms with van der Waals surface area (Å²) in [6.07, 6.45) is 3.58. The molecular formula is C13H20N4O. The summed E-state index contributed by atoms with van der Waals surface area (Å²) in [6.45, 7) is 8.63. The molecule has 5 nitrogen and oxygen atoms in total. The van der Waals surface area contributed by atoms with Gasteiger partial charge in [-0.2, -0.15) is 0 Å². The van der Waals surface area contributed by atoms with E-state index in [1.807, 2.05) is 24.6 Å². The maximum Gasteiger partial charge on any atom is 0.214 e. The number of aromatic nitrogens is 3. The molecule has 0 aliphatic heterocycles. The van der Waals surface area contributed by atoms with Crippen LogP contribution in [0.25, 0.3) is 0 Å². The van der Waals surface area contributed by atoms with Gasteiger partial charge in [0.1, 0.15) is 12.3 Å². The minimum absolute atomic E-state index is 0.0235. The second-order valence-electron chi connectivity index (χ2n) is 4.97. The van der Waals surface area contributed by atoms with E-state index in [1.165, 1.54) is 0 Å². The summed E-state index contributed by atoms with van der Waals surface area (Å²) in [5, 5.41) is 0. The Bertz CT molecular complexity index is 507. The van der Waals surface area contributed by atoms with Gasteiger partial charge < -0.3 is 14.7 Å². The third-order valence-electron chi connectivity index (χ3n) is 3.18. The van der Waals surface area contributed by atoms with Gasteiger partial charge in [0.25, 0.3) is 0 Å². The number of hydrogen-bond donors (Lipinski definition) is 1. The Kier molecular flexibility index (Phi) is 3.52. The van der Waals surface area contributed by atoms with Crippen molar-refractivity contribution in [1.82, 2.24) is 14.5 Å². The number of aryl methyl sites for hydroxylation is 2. The van der Waals surface area contributed by atoms with Crippen molar-refractivity contribution >= 4 is 0 Å². The van der Waals surface area contributed by atoms with E-state index in [1.54, 1.807) is 6.33 Å². The molecule has 0 saturated heterocycles.